The van der Waals surface area contributed by atoms with Gasteiger partial charge in [-0.05, 0) is 46.2 Å². The molecule has 1 aromatic carbocycles. The molecule has 0 aliphatic rings. The number of hydrogen-bond donors (Lipinski definition) is 0. The van der Waals surface area contributed by atoms with Crippen LogP contribution < -0.4 is 0 Å². The lowest BCUT2D eigenvalue weighted by Crippen LogP contribution is -2.44. The molecule has 1 rings (SSSR count). The van der Waals surface area contributed by atoms with Crippen LogP contribution in [-0.2, 0) is 14.3 Å². The Hall–Kier alpha value is -1.29. The van der Waals surface area contributed by atoms with Gasteiger partial charge in [0, 0.05) is 4.90 Å². The zero-order valence-electron chi connectivity index (χ0n) is 12.7. The van der Waals surface area contributed by atoms with E-state index in [0.29, 0.717) is 6.42 Å². The molecule has 0 amide bonds. The number of benzene rings is 1. The van der Waals surface area contributed by atoms with Gasteiger partial charge in [0.25, 0.3) is 0 Å². The third kappa shape index (κ3) is 4.10. The number of carbonyl (C=O) groups is 2. The number of thioether (sulfide) groups is 1. The van der Waals surface area contributed by atoms with E-state index in [1.165, 1.54) is 18.7 Å². The van der Waals surface area contributed by atoms with Gasteiger partial charge in [-0.25, -0.2) is 0 Å². The molecule has 110 valence electrons. The summed E-state index contributed by atoms with van der Waals surface area (Å²) in [6, 6.07) is 9.41. The van der Waals surface area contributed by atoms with Gasteiger partial charge in [0.05, 0.1) is 0 Å². The quantitative estimate of drug-likeness (QED) is 0.454. The number of ether oxygens (including phenoxy) is 1. The monoisotopic (exact) mass is 294 g/mol. The molecular weight excluding hydrogens is 272 g/mol. The summed E-state index contributed by atoms with van der Waals surface area (Å²) in [7, 11) is 0. The van der Waals surface area contributed by atoms with Crippen LogP contribution in [0.5, 0.6) is 0 Å². The highest BCUT2D eigenvalue weighted by molar-refractivity contribution is 8.02. The molecule has 0 aliphatic heterocycles. The molecule has 3 nitrogen and oxygen atoms in total. The standard InChI is InChI=1S/C16H22O3S/c1-6-15(3,4)19-14(18)16(5,12(2)17)20-13-10-8-7-9-11-13/h7-11H,6H2,1-5H3. The number of hydrogen-bond acceptors (Lipinski definition) is 4. The minimum absolute atomic E-state index is 0.205. The van der Waals surface area contributed by atoms with Crippen molar-refractivity contribution in [3.63, 3.8) is 0 Å². The van der Waals surface area contributed by atoms with Gasteiger partial charge in [-0.15, -0.1) is 0 Å². The molecule has 0 aliphatic carbocycles. The van der Waals surface area contributed by atoms with Crippen molar-refractivity contribution in [3.05, 3.63) is 30.3 Å². The van der Waals surface area contributed by atoms with Crippen molar-refractivity contribution in [1.82, 2.24) is 0 Å². The maximum Gasteiger partial charge on any atom is 0.330 e. The minimum atomic E-state index is -1.21. The Morgan fingerprint density at radius 1 is 1.15 bits per heavy atom. The molecule has 0 fully saturated rings. The van der Waals surface area contributed by atoms with E-state index in [4.69, 9.17) is 4.74 Å². The average molecular weight is 294 g/mol. The predicted octanol–water partition coefficient (Wildman–Crippen LogP) is 3.86. The fraction of sp³-hybridized carbons (Fsp3) is 0.500. The molecule has 0 heterocycles. The first kappa shape index (κ1) is 16.8. The van der Waals surface area contributed by atoms with Crippen molar-refractivity contribution >= 4 is 23.5 Å². The maximum absolute atomic E-state index is 12.4. The normalized spacial score (nSPS) is 14.4. The van der Waals surface area contributed by atoms with E-state index < -0.39 is 16.3 Å². The van der Waals surface area contributed by atoms with Crippen LogP contribution in [0.1, 0.15) is 41.0 Å². The van der Waals surface area contributed by atoms with Crippen LogP contribution in [0.15, 0.2) is 35.2 Å². The van der Waals surface area contributed by atoms with Gasteiger partial charge < -0.3 is 4.74 Å². The third-order valence-corrected chi connectivity index (χ3v) is 4.72. The Morgan fingerprint density at radius 3 is 2.15 bits per heavy atom. The summed E-state index contributed by atoms with van der Waals surface area (Å²) in [5.41, 5.74) is -0.564. The lowest BCUT2D eigenvalue weighted by atomic mass is 10.0. The molecule has 0 N–H and O–H groups in total. The number of rotatable bonds is 6. The highest BCUT2D eigenvalue weighted by Gasteiger charge is 2.43. The minimum Gasteiger partial charge on any atom is -0.458 e. The molecule has 1 atom stereocenters. The van der Waals surface area contributed by atoms with Crippen LogP contribution in [0.3, 0.4) is 0 Å². The van der Waals surface area contributed by atoms with E-state index in [0.717, 1.165) is 4.90 Å². The lowest BCUT2D eigenvalue weighted by Gasteiger charge is -2.30. The first-order chi connectivity index (χ1) is 9.21. The summed E-state index contributed by atoms with van der Waals surface area (Å²) in [6.45, 7) is 8.69. The van der Waals surface area contributed by atoms with Crippen molar-refractivity contribution in [2.75, 3.05) is 0 Å². The zero-order chi connectivity index (χ0) is 15.4. The van der Waals surface area contributed by atoms with Crippen LogP contribution >= 0.6 is 11.8 Å². The topological polar surface area (TPSA) is 43.4 Å². The number of Topliss-reactive ketones (excluding diaryl/α,β-unsaturated/α-hetero) is 1. The van der Waals surface area contributed by atoms with E-state index in [1.807, 2.05) is 51.1 Å². The molecule has 0 spiro atoms. The van der Waals surface area contributed by atoms with Crippen LogP contribution in [-0.4, -0.2) is 22.1 Å². The summed E-state index contributed by atoms with van der Waals surface area (Å²) >= 11 is 1.23. The van der Waals surface area contributed by atoms with E-state index in [2.05, 4.69) is 0 Å². The molecule has 4 heteroatoms. The van der Waals surface area contributed by atoms with Crippen molar-refractivity contribution in [1.29, 1.82) is 0 Å². The molecule has 1 unspecified atom stereocenters. The summed E-state index contributed by atoms with van der Waals surface area (Å²) in [4.78, 5) is 25.3. The molecule has 0 aromatic heterocycles. The van der Waals surface area contributed by atoms with Crippen LogP contribution in [0.4, 0.5) is 0 Å². The van der Waals surface area contributed by atoms with E-state index in [9.17, 15) is 9.59 Å². The van der Waals surface area contributed by atoms with Crippen molar-refractivity contribution in [2.24, 2.45) is 0 Å². The molecule has 0 saturated heterocycles. The van der Waals surface area contributed by atoms with Gasteiger partial charge in [-0.1, -0.05) is 36.9 Å². The third-order valence-electron chi connectivity index (χ3n) is 3.35. The first-order valence-corrected chi connectivity index (χ1v) is 7.51. The van der Waals surface area contributed by atoms with Gasteiger partial charge in [-0.3, -0.25) is 9.59 Å². The highest BCUT2D eigenvalue weighted by Crippen LogP contribution is 2.36. The molecule has 1 aromatic rings. The summed E-state index contributed by atoms with van der Waals surface area (Å²) in [6.07, 6.45) is 0.697. The SMILES string of the molecule is CCC(C)(C)OC(=O)C(C)(Sc1ccccc1)C(C)=O. The molecule has 0 radical (unpaired) electrons. The van der Waals surface area contributed by atoms with E-state index in [-0.39, 0.29) is 5.78 Å². The Kier molecular flexibility index (Phi) is 5.40. The smallest absolute Gasteiger partial charge is 0.330 e. The predicted molar refractivity (Wildman–Crippen MR) is 81.8 cm³/mol. The first-order valence-electron chi connectivity index (χ1n) is 6.70. The molecule has 20 heavy (non-hydrogen) atoms. The van der Waals surface area contributed by atoms with E-state index >= 15 is 0 Å². The fourth-order valence-corrected chi connectivity index (χ4v) is 2.44. The largest absolute Gasteiger partial charge is 0.458 e. The van der Waals surface area contributed by atoms with Gasteiger partial charge >= 0.3 is 5.97 Å². The van der Waals surface area contributed by atoms with Crippen molar-refractivity contribution < 1.29 is 14.3 Å². The molecular formula is C16H22O3S. The number of esters is 1. The Labute approximate surface area is 125 Å². The van der Waals surface area contributed by atoms with Crippen LogP contribution in [0.25, 0.3) is 0 Å². The summed E-state index contributed by atoms with van der Waals surface area (Å²) in [5.74, 6) is -0.686. The van der Waals surface area contributed by atoms with Crippen molar-refractivity contribution in [2.45, 2.75) is 56.3 Å². The highest BCUT2D eigenvalue weighted by atomic mass is 32.2. The fourth-order valence-electron chi connectivity index (χ4n) is 1.40. The summed E-state index contributed by atoms with van der Waals surface area (Å²) < 4.78 is 4.29. The van der Waals surface area contributed by atoms with Crippen LogP contribution in [0.2, 0.25) is 0 Å². The summed E-state index contributed by atoms with van der Waals surface area (Å²) in [5, 5.41) is 0. The van der Waals surface area contributed by atoms with Gasteiger partial charge in [0.2, 0.25) is 0 Å². The number of carbonyl (C=O) groups excluding carboxylic acids is 2. The van der Waals surface area contributed by atoms with Gasteiger partial charge in [0.15, 0.2) is 10.5 Å². The number of ketones is 1. The average Bonchev–Trinajstić information content (AvgIpc) is 2.39. The van der Waals surface area contributed by atoms with E-state index in [1.54, 1.807) is 6.92 Å². The van der Waals surface area contributed by atoms with Gasteiger partial charge in [0.1, 0.15) is 5.60 Å². The van der Waals surface area contributed by atoms with Gasteiger partial charge in [-0.2, -0.15) is 0 Å². The molecule has 0 saturated carbocycles. The zero-order valence-corrected chi connectivity index (χ0v) is 13.5. The second-order valence-corrected chi connectivity index (χ2v) is 7.00. The lowest BCUT2D eigenvalue weighted by molar-refractivity contribution is -0.160. The van der Waals surface area contributed by atoms with Crippen LogP contribution in [0, 0.1) is 0 Å². The Morgan fingerprint density at radius 2 is 1.70 bits per heavy atom. The second kappa shape index (κ2) is 6.44. The Bertz CT molecular complexity index is 482. The Balaban J connectivity index is 2.98. The molecule has 0 bridgehead atoms. The van der Waals surface area contributed by atoms with Crippen molar-refractivity contribution in [3.8, 4) is 0 Å². The second-order valence-electron chi connectivity index (χ2n) is 5.51. The maximum atomic E-state index is 12.4.